The topological polar surface area (TPSA) is 339 Å². The second-order valence-corrected chi connectivity index (χ2v) is 22.4. The van der Waals surface area contributed by atoms with Crippen LogP contribution in [-0.2, 0) is 76.9 Å². The molecule has 6 heterocycles. The first-order chi connectivity index (χ1) is 35.0. The molecule has 0 bridgehead atoms. The molecule has 0 radical (unpaired) electrons. The summed E-state index contributed by atoms with van der Waals surface area (Å²) in [6.45, 7) is 0. The van der Waals surface area contributed by atoms with E-state index in [1.165, 1.54) is 0 Å². The summed E-state index contributed by atoms with van der Waals surface area (Å²) in [5, 5.41) is 12.1. The first kappa shape index (κ1) is 72.9. The fourth-order valence-electron chi connectivity index (χ4n) is 3.32. The molecule has 0 spiro atoms. The van der Waals surface area contributed by atoms with Crippen molar-refractivity contribution >= 4 is 60.1 Å². The van der Waals surface area contributed by atoms with Crippen molar-refractivity contribution < 1.29 is 146 Å². The van der Waals surface area contributed by atoms with Crippen LogP contribution in [0.3, 0.4) is 0 Å². The van der Waals surface area contributed by atoms with Crippen LogP contribution in [0, 0.1) is 0 Å². The predicted octanol–water partition coefficient (Wildman–Crippen LogP) is 6.98. The van der Waals surface area contributed by atoms with Crippen molar-refractivity contribution in [2.45, 2.75) is 33.0 Å². The minimum absolute atomic E-state index is 0. The molecule has 0 aliphatic rings. The van der Waals surface area contributed by atoms with E-state index < -0.39 is 93.2 Å². The Bertz CT molecular complexity index is 2980. The molecule has 6 aromatic heterocycles. The monoisotopic (exact) mass is 1330 g/mol. The van der Waals surface area contributed by atoms with Gasteiger partial charge in [0.25, 0.3) is 0 Å². The van der Waals surface area contributed by atoms with E-state index in [-0.39, 0.29) is 16.8 Å². The summed E-state index contributed by atoms with van der Waals surface area (Å²) in [6.07, 6.45) is 16.0. The first-order valence-corrected chi connectivity index (χ1v) is 26.5. The van der Waals surface area contributed by atoms with E-state index in [2.05, 4.69) is 30.2 Å². The van der Waals surface area contributed by atoms with Crippen LogP contribution in [0.2, 0.25) is 0 Å². The third kappa shape index (κ3) is 23.3. The summed E-state index contributed by atoms with van der Waals surface area (Å²) in [7, 11) is -40.3. The van der Waals surface area contributed by atoms with Crippen molar-refractivity contribution in [1.82, 2.24) is 44.3 Å². The van der Waals surface area contributed by atoms with E-state index in [9.17, 15) is 130 Å². The van der Waals surface area contributed by atoms with Crippen LogP contribution in [0.4, 0.5) is 79.0 Å². The molecular weight excluding hydrogens is 1310 g/mol. The van der Waals surface area contributed by atoms with E-state index in [4.69, 9.17) is 0 Å². The van der Waals surface area contributed by atoms with Crippen LogP contribution < -0.4 is 0 Å². The molecule has 49 heteroatoms. The van der Waals surface area contributed by atoms with Crippen molar-refractivity contribution in [3.63, 3.8) is 0 Å². The van der Waals surface area contributed by atoms with Crippen molar-refractivity contribution in [2.75, 3.05) is 0 Å². The van der Waals surface area contributed by atoms with Crippen LogP contribution in [0.15, 0.2) is 129 Å². The van der Waals surface area contributed by atoms with Gasteiger partial charge in [-0.25, -0.2) is 79.5 Å². The van der Waals surface area contributed by atoms with Gasteiger partial charge in [-0.3, -0.25) is 0 Å². The van der Waals surface area contributed by atoms with Gasteiger partial charge in [0.2, 0.25) is 0 Å². The second-order valence-electron chi connectivity index (χ2n) is 12.2. The van der Waals surface area contributed by atoms with E-state index in [0.717, 1.165) is 29.8 Å². The molecule has 0 atom stereocenters. The number of sulfonamides is 6. The van der Waals surface area contributed by atoms with Gasteiger partial charge in [0.15, 0.2) is 77.6 Å². The number of nitrogens with zero attached hydrogens (tertiary/aromatic N) is 12. The summed E-state index contributed by atoms with van der Waals surface area (Å²) >= 11 is 0. The Labute approximate surface area is 440 Å². The van der Waals surface area contributed by atoms with Gasteiger partial charge in [0, 0.05) is 55.8 Å². The molecule has 0 unspecified atom stereocenters. The molecule has 0 saturated heterocycles. The molecule has 0 aliphatic heterocycles. The number of hydrogen-bond donors (Lipinski definition) is 0. The number of rotatable bonds is 9. The number of halogens is 18. The maximum Gasteiger partial charge on any atom is 3.00 e. The van der Waals surface area contributed by atoms with Gasteiger partial charge in [-0.15, -0.1) is 0 Å². The van der Waals surface area contributed by atoms with Crippen molar-refractivity contribution in [3.8, 4) is 17.5 Å². The van der Waals surface area contributed by atoms with Crippen molar-refractivity contribution in [3.05, 3.63) is 141 Å². The zero-order chi connectivity index (χ0) is 60.7. The van der Waals surface area contributed by atoms with Gasteiger partial charge in [-0.05, 0) is 54.6 Å². The van der Waals surface area contributed by atoms with Crippen LogP contribution in [-0.4, -0.2) is 128 Å². The summed E-state index contributed by atoms with van der Waals surface area (Å²) in [4.78, 5) is 12.4. The second kappa shape index (κ2) is 27.9. The molecule has 0 amide bonds. The molecular formula is C30H21CoF18N12O12S6. The quantitative estimate of drug-likeness (QED) is 0.132. The Morgan fingerprint density at radius 1 is 0.291 bits per heavy atom. The van der Waals surface area contributed by atoms with Gasteiger partial charge in [-0.2, -0.15) is 94.3 Å². The fraction of sp³-hybridized carbons (Fsp3) is 0.200. The third-order valence-corrected chi connectivity index (χ3v) is 14.7. The standard InChI is InChI=1S/3C8H7N3.3C2F6NO4S2.Co/c3*1-2-5-9-8(4-1)11-7-3-6-10-11;3*3-1(4,5)14(10,11)9-15(12,13)2(6,7)8;/h3*1-7H;;;;/q;;;3*-1;+3. The Morgan fingerprint density at radius 3 is 0.582 bits per heavy atom. The van der Waals surface area contributed by atoms with Crippen LogP contribution in [0.5, 0.6) is 0 Å². The average Bonchev–Trinajstić information content (AvgIpc) is 4.11. The van der Waals surface area contributed by atoms with Crippen LogP contribution in [0.25, 0.3) is 29.8 Å². The Kier molecular flexibility index (Phi) is 25.7. The van der Waals surface area contributed by atoms with Gasteiger partial charge in [0.05, 0.1) is 0 Å². The number of hydrogen-bond acceptors (Lipinski definition) is 18. The van der Waals surface area contributed by atoms with Crippen molar-refractivity contribution in [1.29, 1.82) is 0 Å². The molecule has 0 aromatic carbocycles. The maximum absolute atomic E-state index is 11.4. The molecule has 6 rings (SSSR count). The Morgan fingerprint density at radius 2 is 0.468 bits per heavy atom. The van der Waals surface area contributed by atoms with Crippen LogP contribution >= 0.6 is 0 Å². The normalized spacial score (nSPS) is 12.8. The van der Waals surface area contributed by atoms with E-state index >= 15 is 0 Å². The summed E-state index contributed by atoms with van der Waals surface area (Å²) in [5.41, 5.74) is -37.2. The minimum atomic E-state index is -6.72. The van der Waals surface area contributed by atoms with Crippen molar-refractivity contribution in [2.24, 2.45) is 0 Å². The molecule has 6 aromatic rings. The van der Waals surface area contributed by atoms with Crippen LogP contribution in [0.1, 0.15) is 0 Å². The number of pyridine rings is 3. The molecule has 24 nitrogen and oxygen atoms in total. The molecule has 0 saturated carbocycles. The first-order valence-electron chi connectivity index (χ1n) is 17.9. The summed E-state index contributed by atoms with van der Waals surface area (Å²) in [6, 6.07) is 22.8. The Hall–Kier alpha value is -6.09. The largest absolute Gasteiger partial charge is 3.00 e. The summed E-state index contributed by atoms with van der Waals surface area (Å²) in [5.74, 6) is 2.53. The van der Waals surface area contributed by atoms with Gasteiger partial charge < -0.3 is 12.4 Å². The number of aromatic nitrogens is 9. The average molecular weight is 1330 g/mol. The zero-order valence-electron chi connectivity index (χ0n) is 36.5. The fourth-order valence-corrected chi connectivity index (χ4v) is 8.45. The van der Waals surface area contributed by atoms with E-state index in [1.54, 1.807) is 51.2 Å². The van der Waals surface area contributed by atoms with Gasteiger partial charge >= 0.3 is 49.8 Å². The molecule has 79 heavy (non-hydrogen) atoms. The molecule has 0 aliphatic carbocycles. The minimum Gasteiger partial charge on any atom is -0.421 e. The van der Waals surface area contributed by atoms with Gasteiger partial charge in [0.1, 0.15) is 0 Å². The van der Waals surface area contributed by atoms with Gasteiger partial charge in [-0.1, -0.05) is 18.2 Å². The molecule has 444 valence electrons. The predicted molar refractivity (Wildman–Crippen MR) is 224 cm³/mol. The summed E-state index contributed by atoms with van der Waals surface area (Å²) < 4.78 is 333. The molecule has 0 fully saturated rings. The van der Waals surface area contributed by atoms with E-state index in [1.807, 2.05) is 91.4 Å². The maximum atomic E-state index is 11.4. The number of alkyl halides is 18. The zero-order valence-corrected chi connectivity index (χ0v) is 42.4. The smallest absolute Gasteiger partial charge is 0.421 e. The van der Waals surface area contributed by atoms with E-state index in [0.29, 0.717) is 0 Å². The Balaban J connectivity index is 0.000000925. The third-order valence-electron chi connectivity index (χ3n) is 6.51. The SMILES string of the molecule is O=S(=O)([N-]S(=O)(=O)C(F)(F)F)C(F)(F)F.O=S(=O)([N-]S(=O)(=O)C(F)(F)F)C(F)(F)F.O=S(=O)([N-]S(=O)(=O)C(F)(F)F)C(F)(F)F.[Co+3].c1ccc(-n2cccn2)nc1.c1ccc(-n2cccn2)nc1.c1ccc(-n2cccn2)nc1. The molecule has 0 N–H and O–H groups in total.